The molecule has 3 aromatic rings. The lowest BCUT2D eigenvalue weighted by atomic mass is 10.2. The van der Waals surface area contributed by atoms with E-state index in [1.54, 1.807) is 12.4 Å². The summed E-state index contributed by atoms with van der Waals surface area (Å²) in [5.41, 5.74) is 2.76. The molecule has 0 aliphatic heterocycles. The van der Waals surface area contributed by atoms with Crippen molar-refractivity contribution in [2.75, 3.05) is 17.2 Å². The Bertz CT molecular complexity index is 860. The fraction of sp³-hybridized carbons (Fsp3) is 0.211. The lowest BCUT2D eigenvalue weighted by Gasteiger charge is -2.14. The zero-order valence-electron chi connectivity index (χ0n) is 14.4. The lowest BCUT2D eigenvalue weighted by molar-refractivity contribution is 0.281. The third kappa shape index (κ3) is 4.91. The molecule has 26 heavy (non-hydrogen) atoms. The minimum atomic E-state index is -0.150. The highest BCUT2D eigenvalue weighted by Crippen LogP contribution is 2.22. The topological polar surface area (TPSA) is 83.0 Å². The van der Waals surface area contributed by atoms with Crippen LogP contribution in [0.2, 0.25) is 5.02 Å². The van der Waals surface area contributed by atoms with Gasteiger partial charge in [0.25, 0.3) is 0 Å². The number of nitrogens with zero attached hydrogens (tertiary/aromatic N) is 3. The standard InChI is InChI=1S/C19H20ClN5O/c1-13(12-26)23-19-24-17(15-5-7-21-8-6-15)10-18(25-19)22-11-14-3-2-4-16(20)9-14/h2-10,13,26H,11-12H2,1H3,(H2,22,23,24,25)/t13-/m1/s1. The Kier molecular flexibility index (Phi) is 5.99. The molecular formula is C19H20ClN5O. The number of rotatable bonds is 7. The van der Waals surface area contributed by atoms with Crippen molar-refractivity contribution in [1.82, 2.24) is 15.0 Å². The number of anilines is 2. The van der Waals surface area contributed by atoms with Gasteiger partial charge in [0.2, 0.25) is 5.95 Å². The molecule has 0 saturated heterocycles. The molecule has 3 rings (SSSR count). The third-order valence-corrected chi connectivity index (χ3v) is 3.95. The van der Waals surface area contributed by atoms with E-state index in [1.165, 1.54) is 0 Å². The summed E-state index contributed by atoms with van der Waals surface area (Å²) < 4.78 is 0. The molecule has 0 saturated carbocycles. The molecule has 0 amide bonds. The fourth-order valence-corrected chi connectivity index (χ4v) is 2.59. The highest BCUT2D eigenvalue weighted by molar-refractivity contribution is 6.30. The van der Waals surface area contributed by atoms with Crippen molar-refractivity contribution < 1.29 is 5.11 Å². The van der Waals surface area contributed by atoms with Gasteiger partial charge in [0.1, 0.15) is 5.82 Å². The van der Waals surface area contributed by atoms with Crippen LogP contribution in [0, 0.1) is 0 Å². The molecule has 0 aliphatic rings. The maximum atomic E-state index is 9.28. The number of nitrogens with one attached hydrogen (secondary N) is 2. The van der Waals surface area contributed by atoms with Crippen molar-refractivity contribution >= 4 is 23.4 Å². The summed E-state index contributed by atoms with van der Waals surface area (Å²) in [6, 6.07) is 13.2. The summed E-state index contributed by atoms with van der Waals surface area (Å²) in [5, 5.41) is 16.4. The van der Waals surface area contributed by atoms with Crippen molar-refractivity contribution in [1.29, 1.82) is 0 Å². The second-order valence-corrected chi connectivity index (χ2v) is 6.35. The number of aromatic nitrogens is 3. The Balaban J connectivity index is 1.86. The molecule has 0 aliphatic carbocycles. The minimum Gasteiger partial charge on any atom is -0.394 e. The Labute approximate surface area is 157 Å². The highest BCUT2D eigenvalue weighted by atomic mass is 35.5. The Hall–Kier alpha value is -2.70. The van der Waals surface area contributed by atoms with Crippen LogP contribution in [-0.2, 0) is 6.54 Å². The van der Waals surface area contributed by atoms with Gasteiger partial charge in [0, 0.05) is 41.6 Å². The molecule has 2 heterocycles. The molecule has 134 valence electrons. The zero-order valence-corrected chi connectivity index (χ0v) is 15.1. The summed E-state index contributed by atoms with van der Waals surface area (Å²) in [4.78, 5) is 13.1. The quantitative estimate of drug-likeness (QED) is 0.590. The van der Waals surface area contributed by atoms with Gasteiger partial charge in [-0.1, -0.05) is 23.7 Å². The van der Waals surface area contributed by atoms with Crippen LogP contribution in [0.1, 0.15) is 12.5 Å². The minimum absolute atomic E-state index is 0.00583. The van der Waals surface area contributed by atoms with E-state index in [0.717, 1.165) is 16.8 Å². The average Bonchev–Trinajstić information content (AvgIpc) is 2.67. The summed E-state index contributed by atoms with van der Waals surface area (Å²) in [5.74, 6) is 1.13. The van der Waals surface area contributed by atoms with Crippen LogP contribution in [0.3, 0.4) is 0 Å². The first-order chi connectivity index (χ1) is 12.6. The first-order valence-electron chi connectivity index (χ1n) is 8.29. The Morgan fingerprint density at radius 1 is 1.12 bits per heavy atom. The molecule has 1 atom stereocenters. The van der Waals surface area contributed by atoms with Gasteiger partial charge in [-0.25, -0.2) is 4.98 Å². The number of aliphatic hydroxyl groups is 1. The van der Waals surface area contributed by atoms with Gasteiger partial charge in [-0.15, -0.1) is 0 Å². The number of aliphatic hydroxyl groups excluding tert-OH is 1. The summed E-state index contributed by atoms with van der Waals surface area (Å²) in [6.07, 6.45) is 3.44. The highest BCUT2D eigenvalue weighted by Gasteiger charge is 2.09. The monoisotopic (exact) mass is 369 g/mol. The van der Waals surface area contributed by atoms with Crippen LogP contribution in [0.25, 0.3) is 11.3 Å². The molecule has 6 nitrogen and oxygen atoms in total. The summed E-state index contributed by atoms with van der Waals surface area (Å²) >= 11 is 6.04. The molecular weight excluding hydrogens is 350 g/mol. The lowest BCUT2D eigenvalue weighted by Crippen LogP contribution is -2.21. The van der Waals surface area contributed by atoms with E-state index in [1.807, 2.05) is 49.4 Å². The van der Waals surface area contributed by atoms with Gasteiger partial charge in [0.15, 0.2) is 0 Å². The second kappa shape index (κ2) is 8.60. The normalized spacial score (nSPS) is 11.8. The summed E-state index contributed by atoms with van der Waals surface area (Å²) in [6.45, 7) is 2.44. The molecule has 3 N–H and O–H groups in total. The predicted molar refractivity (Wildman–Crippen MR) is 104 cm³/mol. The average molecular weight is 370 g/mol. The zero-order chi connectivity index (χ0) is 18.4. The van der Waals surface area contributed by atoms with E-state index in [9.17, 15) is 5.11 Å². The first kappa shape index (κ1) is 18.1. The fourth-order valence-electron chi connectivity index (χ4n) is 2.38. The SMILES string of the molecule is C[C@H](CO)Nc1nc(NCc2cccc(Cl)c2)cc(-c2ccncc2)n1. The van der Waals surface area contributed by atoms with Gasteiger partial charge >= 0.3 is 0 Å². The van der Waals surface area contributed by atoms with Gasteiger partial charge in [-0.2, -0.15) is 4.98 Å². The molecule has 0 unspecified atom stereocenters. The van der Waals surface area contributed by atoms with Crippen molar-refractivity contribution in [3.8, 4) is 11.3 Å². The van der Waals surface area contributed by atoms with E-state index in [2.05, 4.69) is 25.6 Å². The molecule has 7 heteroatoms. The predicted octanol–water partition coefficient (Wildman–Crippen LogP) is 3.60. The van der Waals surface area contributed by atoms with Crippen molar-refractivity contribution in [3.63, 3.8) is 0 Å². The van der Waals surface area contributed by atoms with Crippen LogP contribution in [-0.4, -0.2) is 32.7 Å². The number of hydrogen-bond acceptors (Lipinski definition) is 6. The molecule has 2 aromatic heterocycles. The molecule has 0 fully saturated rings. The van der Waals surface area contributed by atoms with E-state index in [0.29, 0.717) is 23.3 Å². The van der Waals surface area contributed by atoms with E-state index < -0.39 is 0 Å². The van der Waals surface area contributed by atoms with Crippen LogP contribution in [0.5, 0.6) is 0 Å². The summed E-state index contributed by atoms with van der Waals surface area (Å²) in [7, 11) is 0. The van der Waals surface area contributed by atoms with Crippen molar-refractivity contribution in [3.05, 3.63) is 65.4 Å². The number of pyridine rings is 1. The van der Waals surface area contributed by atoms with E-state index >= 15 is 0 Å². The number of halogens is 1. The van der Waals surface area contributed by atoms with Gasteiger partial charge in [-0.05, 0) is 36.8 Å². The van der Waals surface area contributed by atoms with Crippen LogP contribution < -0.4 is 10.6 Å². The van der Waals surface area contributed by atoms with E-state index in [4.69, 9.17) is 11.6 Å². The van der Waals surface area contributed by atoms with Gasteiger partial charge in [0.05, 0.1) is 12.3 Å². The third-order valence-electron chi connectivity index (χ3n) is 3.71. The number of benzene rings is 1. The van der Waals surface area contributed by atoms with Gasteiger partial charge in [-0.3, -0.25) is 4.98 Å². The van der Waals surface area contributed by atoms with Crippen LogP contribution in [0.4, 0.5) is 11.8 Å². The number of hydrogen-bond donors (Lipinski definition) is 3. The maximum absolute atomic E-state index is 9.28. The first-order valence-corrected chi connectivity index (χ1v) is 8.67. The second-order valence-electron chi connectivity index (χ2n) is 5.91. The molecule has 0 bridgehead atoms. The van der Waals surface area contributed by atoms with Gasteiger partial charge < -0.3 is 15.7 Å². The molecule has 0 spiro atoms. The smallest absolute Gasteiger partial charge is 0.225 e. The Morgan fingerprint density at radius 2 is 1.92 bits per heavy atom. The van der Waals surface area contributed by atoms with Crippen LogP contribution >= 0.6 is 11.6 Å². The Morgan fingerprint density at radius 3 is 2.65 bits per heavy atom. The maximum Gasteiger partial charge on any atom is 0.225 e. The molecule has 1 aromatic carbocycles. The van der Waals surface area contributed by atoms with E-state index in [-0.39, 0.29) is 12.6 Å². The largest absolute Gasteiger partial charge is 0.394 e. The van der Waals surface area contributed by atoms with Crippen molar-refractivity contribution in [2.45, 2.75) is 19.5 Å². The van der Waals surface area contributed by atoms with Crippen molar-refractivity contribution in [2.24, 2.45) is 0 Å². The van der Waals surface area contributed by atoms with Crippen LogP contribution in [0.15, 0.2) is 54.9 Å². The molecule has 0 radical (unpaired) electrons.